The molecule has 1 nitrogen and oxygen atoms in total. The number of fused-ring (bicyclic) bond motifs is 3. The average Bonchev–Trinajstić information content (AvgIpc) is 3.47. The second kappa shape index (κ2) is 14.0. The topological polar surface area (TPSA) is 3.24 Å². The van der Waals surface area contributed by atoms with Crippen LogP contribution in [0, 0.1) is 13.8 Å². The molecule has 0 saturated heterocycles. The highest BCUT2D eigenvalue weighted by Crippen LogP contribution is 2.54. The molecule has 0 aromatic heterocycles. The molecular formula is C51H45N. The van der Waals surface area contributed by atoms with Crippen molar-refractivity contribution in [3.8, 4) is 33.4 Å². The summed E-state index contributed by atoms with van der Waals surface area (Å²) in [5.74, 6) is 0. The fourth-order valence-corrected chi connectivity index (χ4v) is 8.53. The van der Waals surface area contributed by atoms with E-state index in [1.807, 2.05) is 0 Å². The van der Waals surface area contributed by atoms with E-state index in [1.54, 1.807) is 0 Å². The van der Waals surface area contributed by atoms with Gasteiger partial charge in [-0.1, -0.05) is 153 Å². The van der Waals surface area contributed by atoms with Crippen molar-refractivity contribution in [3.05, 3.63) is 197 Å². The van der Waals surface area contributed by atoms with Crippen LogP contribution in [0.3, 0.4) is 0 Å². The highest BCUT2D eigenvalue weighted by molar-refractivity contribution is 5.87. The zero-order valence-corrected chi connectivity index (χ0v) is 30.6. The SMILES string of the molecule is CCC1(CC)c2cc(C=Cc3ccc(-c4cc(C)c(-c5ccccc5)c(C)c4)cc3)ccc2-c2ccc(N(c3ccccc3)c3ccccc3)cc21. The summed E-state index contributed by atoms with van der Waals surface area (Å²) >= 11 is 0. The Morgan fingerprint density at radius 1 is 0.442 bits per heavy atom. The number of hydrogen-bond donors (Lipinski definition) is 0. The molecule has 0 radical (unpaired) electrons. The molecule has 0 bridgehead atoms. The van der Waals surface area contributed by atoms with Gasteiger partial charge in [-0.05, 0) is 130 Å². The van der Waals surface area contributed by atoms with Crippen LogP contribution in [0.1, 0.15) is 60.1 Å². The first-order valence-corrected chi connectivity index (χ1v) is 18.6. The monoisotopic (exact) mass is 671 g/mol. The molecule has 0 spiro atoms. The fourth-order valence-electron chi connectivity index (χ4n) is 8.53. The normalized spacial score (nSPS) is 12.8. The summed E-state index contributed by atoms with van der Waals surface area (Å²) in [4.78, 5) is 2.38. The molecule has 7 aromatic carbocycles. The number of rotatable bonds is 9. The lowest BCUT2D eigenvalue weighted by Gasteiger charge is -2.32. The Balaban J connectivity index is 1.08. The lowest BCUT2D eigenvalue weighted by molar-refractivity contribution is 0.490. The third-order valence-corrected chi connectivity index (χ3v) is 11.2. The Morgan fingerprint density at radius 2 is 0.942 bits per heavy atom. The lowest BCUT2D eigenvalue weighted by atomic mass is 9.73. The van der Waals surface area contributed by atoms with Crippen LogP contribution in [0.5, 0.6) is 0 Å². The van der Waals surface area contributed by atoms with E-state index in [-0.39, 0.29) is 5.41 Å². The van der Waals surface area contributed by atoms with Crippen LogP contribution < -0.4 is 4.90 Å². The zero-order valence-electron chi connectivity index (χ0n) is 30.6. The van der Waals surface area contributed by atoms with E-state index >= 15 is 0 Å². The Labute approximate surface area is 309 Å². The van der Waals surface area contributed by atoms with Gasteiger partial charge in [-0.2, -0.15) is 0 Å². The number of benzene rings is 7. The molecule has 0 unspecified atom stereocenters. The molecule has 1 heteroatoms. The number of aryl methyl sites for hydroxylation is 2. The van der Waals surface area contributed by atoms with E-state index in [0.717, 1.165) is 24.2 Å². The summed E-state index contributed by atoms with van der Waals surface area (Å²) in [5, 5.41) is 0. The van der Waals surface area contributed by atoms with Gasteiger partial charge in [-0.25, -0.2) is 0 Å². The van der Waals surface area contributed by atoms with E-state index in [0.29, 0.717) is 0 Å². The van der Waals surface area contributed by atoms with Gasteiger partial charge in [0, 0.05) is 22.5 Å². The van der Waals surface area contributed by atoms with Crippen LogP contribution >= 0.6 is 0 Å². The van der Waals surface area contributed by atoms with Crippen LogP contribution in [-0.4, -0.2) is 0 Å². The Morgan fingerprint density at radius 3 is 1.52 bits per heavy atom. The molecule has 1 aliphatic carbocycles. The standard InChI is InChI=1S/C51H45N/c1-5-51(6-2)48-34-39(23-22-38-24-27-40(28-25-38)42-32-36(3)50(37(4)33-42)41-16-10-7-11-17-41)26-30-46(48)47-31-29-45(35-49(47)51)52(43-18-12-8-13-19-43)44-20-14-9-15-21-44/h7-35H,5-6H2,1-4H3. The van der Waals surface area contributed by atoms with E-state index in [4.69, 9.17) is 0 Å². The minimum absolute atomic E-state index is 0.0441. The van der Waals surface area contributed by atoms with Crippen LogP contribution in [0.4, 0.5) is 17.1 Å². The Bertz CT molecular complexity index is 2300. The Kier molecular flexibility index (Phi) is 8.95. The molecule has 0 heterocycles. The van der Waals surface area contributed by atoms with Gasteiger partial charge in [0.05, 0.1) is 0 Å². The lowest BCUT2D eigenvalue weighted by Crippen LogP contribution is -2.23. The largest absolute Gasteiger partial charge is 0.310 e. The molecule has 0 N–H and O–H groups in total. The average molecular weight is 672 g/mol. The summed E-state index contributed by atoms with van der Waals surface area (Å²) in [6.45, 7) is 9.15. The second-order valence-corrected chi connectivity index (χ2v) is 14.1. The summed E-state index contributed by atoms with van der Waals surface area (Å²) < 4.78 is 0. The van der Waals surface area contributed by atoms with E-state index < -0.39 is 0 Å². The predicted molar refractivity (Wildman–Crippen MR) is 224 cm³/mol. The van der Waals surface area contributed by atoms with E-state index in [2.05, 4.69) is 209 Å². The number of nitrogens with zero attached hydrogens (tertiary/aromatic N) is 1. The van der Waals surface area contributed by atoms with Crippen molar-refractivity contribution >= 4 is 29.2 Å². The van der Waals surface area contributed by atoms with Gasteiger partial charge in [0.15, 0.2) is 0 Å². The van der Waals surface area contributed by atoms with E-state index in [1.165, 1.54) is 72.4 Å². The Hall–Kier alpha value is -5.92. The van der Waals surface area contributed by atoms with Gasteiger partial charge < -0.3 is 4.90 Å². The molecule has 0 fully saturated rings. The molecule has 52 heavy (non-hydrogen) atoms. The molecule has 0 amide bonds. The van der Waals surface area contributed by atoms with Gasteiger partial charge in [-0.15, -0.1) is 0 Å². The van der Waals surface area contributed by atoms with Gasteiger partial charge >= 0.3 is 0 Å². The first-order chi connectivity index (χ1) is 25.5. The quantitative estimate of drug-likeness (QED) is 0.138. The zero-order chi connectivity index (χ0) is 35.7. The second-order valence-electron chi connectivity index (χ2n) is 14.1. The number of para-hydroxylation sites is 2. The van der Waals surface area contributed by atoms with Gasteiger partial charge in [0.1, 0.15) is 0 Å². The van der Waals surface area contributed by atoms with Crippen LogP contribution in [0.15, 0.2) is 164 Å². The molecular weight excluding hydrogens is 627 g/mol. The van der Waals surface area contributed by atoms with Gasteiger partial charge in [-0.3, -0.25) is 0 Å². The summed E-state index contributed by atoms with van der Waals surface area (Å²) in [6, 6.07) is 59.9. The van der Waals surface area contributed by atoms with Gasteiger partial charge in [0.2, 0.25) is 0 Å². The van der Waals surface area contributed by atoms with Crippen molar-refractivity contribution in [2.75, 3.05) is 4.90 Å². The van der Waals surface area contributed by atoms with Crippen LogP contribution in [-0.2, 0) is 5.41 Å². The third-order valence-electron chi connectivity index (χ3n) is 11.2. The van der Waals surface area contributed by atoms with Crippen molar-refractivity contribution in [2.24, 2.45) is 0 Å². The molecule has 7 aromatic rings. The molecule has 0 atom stereocenters. The number of hydrogen-bond acceptors (Lipinski definition) is 1. The maximum atomic E-state index is 2.46. The highest BCUT2D eigenvalue weighted by atomic mass is 15.1. The highest BCUT2D eigenvalue weighted by Gasteiger charge is 2.41. The van der Waals surface area contributed by atoms with Gasteiger partial charge in [0.25, 0.3) is 0 Å². The number of anilines is 3. The minimum Gasteiger partial charge on any atom is -0.310 e. The predicted octanol–water partition coefficient (Wildman–Crippen LogP) is 14.4. The maximum Gasteiger partial charge on any atom is 0.0465 e. The van der Waals surface area contributed by atoms with Crippen molar-refractivity contribution in [1.29, 1.82) is 0 Å². The third kappa shape index (κ3) is 5.97. The fraction of sp³-hybridized carbons (Fsp3) is 0.137. The summed E-state index contributed by atoms with van der Waals surface area (Å²) in [5.41, 5.74) is 19.2. The molecule has 8 rings (SSSR count). The minimum atomic E-state index is -0.0441. The molecule has 254 valence electrons. The van der Waals surface area contributed by atoms with Crippen molar-refractivity contribution < 1.29 is 0 Å². The van der Waals surface area contributed by atoms with Crippen molar-refractivity contribution in [2.45, 2.75) is 46.0 Å². The first-order valence-electron chi connectivity index (χ1n) is 18.6. The van der Waals surface area contributed by atoms with Crippen LogP contribution in [0.25, 0.3) is 45.5 Å². The maximum absolute atomic E-state index is 2.46. The summed E-state index contributed by atoms with van der Waals surface area (Å²) in [6.07, 6.45) is 6.61. The first kappa shape index (κ1) is 33.2. The van der Waals surface area contributed by atoms with E-state index in [9.17, 15) is 0 Å². The van der Waals surface area contributed by atoms with Crippen LogP contribution in [0.2, 0.25) is 0 Å². The molecule has 0 aliphatic heterocycles. The molecule has 1 aliphatic rings. The smallest absolute Gasteiger partial charge is 0.0465 e. The van der Waals surface area contributed by atoms with Crippen molar-refractivity contribution in [1.82, 2.24) is 0 Å². The molecule has 0 saturated carbocycles. The summed E-state index contributed by atoms with van der Waals surface area (Å²) in [7, 11) is 0. The van der Waals surface area contributed by atoms with Crippen molar-refractivity contribution in [3.63, 3.8) is 0 Å².